The van der Waals surface area contributed by atoms with Crippen molar-refractivity contribution in [1.29, 1.82) is 0 Å². The fraction of sp³-hybridized carbons (Fsp3) is 0.820. The molecule has 408 valence electrons. The molecule has 9 heteroatoms. The largest absolute Gasteiger partial charge is 0.545 e. The maximum absolute atomic E-state index is 12.8. The average molecular weight is 987 g/mol. The lowest BCUT2D eigenvalue weighted by molar-refractivity contribution is -0.870. The molecule has 0 amide bonds. The van der Waals surface area contributed by atoms with Gasteiger partial charge in [-0.05, 0) is 51.4 Å². The zero-order valence-corrected chi connectivity index (χ0v) is 46.4. The van der Waals surface area contributed by atoms with Gasteiger partial charge in [0.2, 0.25) is 0 Å². The van der Waals surface area contributed by atoms with Gasteiger partial charge in [0.15, 0.2) is 12.4 Å². The second-order valence-electron chi connectivity index (χ2n) is 20.9. The Labute approximate surface area is 432 Å². The van der Waals surface area contributed by atoms with E-state index in [4.69, 9.17) is 18.9 Å². The predicted octanol–water partition coefficient (Wildman–Crippen LogP) is 15.7. The molecule has 0 aromatic heterocycles. The van der Waals surface area contributed by atoms with Crippen molar-refractivity contribution >= 4 is 17.9 Å². The fourth-order valence-corrected chi connectivity index (χ4v) is 8.35. The minimum absolute atomic E-state index is 0.150. The number of carboxylic acid groups (broad SMARTS) is 1. The molecular formula is C61H111NO8. The first-order chi connectivity index (χ1) is 34.1. The molecule has 0 aliphatic heterocycles. The van der Waals surface area contributed by atoms with Gasteiger partial charge in [-0.15, -0.1) is 0 Å². The van der Waals surface area contributed by atoms with Crippen molar-refractivity contribution in [2.75, 3.05) is 47.5 Å². The van der Waals surface area contributed by atoms with Crippen LogP contribution in [-0.2, 0) is 33.3 Å². The van der Waals surface area contributed by atoms with E-state index in [2.05, 4.69) is 62.5 Å². The summed E-state index contributed by atoms with van der Waals surface area (Å²) in [6.07, 6.45) is 61.8. The van der Waals surface area contributed by atoms with E-state index < -0.39 is 24.3 Å². The minimum atomic E-state index is -1.62. The molecule has 70 heavy (non-hydrogen) atoms. The van der Waals surface area contributed by atoms with Gasteiger partial charge in [-0.2, -0.15) is 0 Å². The molecule has 0 rings (SSSR count). The molecule has 0 fully saturated rings. The Morgan fingerprint density at radius 2 is 0.814 bits per heavy atom. The van der Waals surface area contributed by atoms with E-state index in [-0.39, 0.29) is 32.2 Å². The first-order valence-corrected chi connectivity index (χ1v) is 29.3. The molecule has 0 aromatic carbocycles. The van der Waals surface area contributed by atoms with Gasteiger partial charge in [-0.1, -0.05) is 249 Å². The molecule has 0 bridgehead atoms. The van der Waals surface area contributed by atoms with E-state index in [1.165, 1.54) is 173 Å². The summed E-state index contributed by atoms with van der Waals surface area (Å²) >= 11 is 0. The van der Waals surface area contributed by atoms with Crippen molar-refractivity contribution in [1.82, 2.24) is 0 Å². The van der Waals surface area contributed by atoms with Crippen LogP contribution in [0.4, 0.5) is 0 Å². The number of rotatable bonds is 54. The number of carboxylic acids is 1. The summed E-state index contributed by atoms with van der Waals surface area (Å²) in [5.74, 6) is -2.27. The monoisotopic (exact) mass is 986 g/mol. The Morgan fingerprint density at radius 1 is 0.443 bits per heavy atom. The molecule has 0 saturated carbocycles. The van der Waals surface area contributed by atoms with Crippen LogP contribution in [-0.4, -0.2) is 82.3 Å². The zero-order valence-electron chi connectivity index (χ0n) is 46.4. The van der Waals surface area contributed by atoms with Crippen LogP contribution in [0.15, 0.2) is 48.6 Å². The minimum Gasteiger partial charge on any atom is -0.545 e. The van der Waals surface area contributed by atoms with E-state index in [0.717, 1.165) is 64.2 Å². The number of carbonyl (C=O) groups is 3. The van der Waals surface area contributed by atoms with E-state index in [0.29, 0.717) is 17.4 Å². The van der Waals surface area contributed by atoms with Gasteiger partial charge in [0, 0.05) is 12.8 Å². The summed E-state index contributed by atoms with van der Waals surface area (Å²) in [5, 5.41) is 11.7. The van der Waals surface area contributed by atoms with Crippen molar-refractivity contribution < 1.29 is 42.9 Å². The molecule has 2 atom stereocenters. The third-order valence-corrected chi connectivity index (χ3v) is 12.8. The summed E-state index contributed by atoms with van der Waals surface area (Å²) in [6.45, 7) is 4.66. The number of nitrogens with zero attached hydrogens (tertiary/aromatic N) is 1. The van der Waals surface area contributed by atoms with Gasteiger partial charge in [-0.25, -0.2) is 0 Å². The third kappa shape index (κ3) is 53.1. The SMILES string of the molecule is CC/C=C\C/C=C\C/C=C\C/C=C\CCCCCCCCCCCCCCCCCCCCCCC(=O)OC(COC(=O)CCCCCCCCCCCCCC)COC(OCC[N+](C)(C)C)C(=O)[O-]. The van der Waals surface area contributed by atoms with Crippen LogP contribution in [0.25, 0.3) is 0 Å². The highest BCUT2D eigenvalue weighted by atomic mass is 16.7. The number of unbranched alkanes of at least 4 members (excludes halogenated alkanes) is 31. The van der Waals surface area contributed by atoms with Crippen LogP contribution in [0.3, 0.4) is 0 Å². The van der Waals surface area contributed by atoms with Crippen molar-refractivity contribution in [3.63, 3.8) is 0 Å². The van der Waals surface area contributed by atoms with Crippen LogP contribution in [0.1, 0.15) is 264 Å². The maximum atomic E-state index is 12.8. The number of quaternary nitrogens is 1. The maximum Gasteiger partial charge on any atom is 0.306 e. The molecule has 0 heterocycles. The number of esters is 2. The number of aliphatic carboxylic acids is 1. The van der Waals surface area contributed by atoms with Crippen molar-refractivity contribution in [2.24, 2.45) is 0 Å². The number of allylic oxidation sites excluding steroid dienone is 8. The summed E-state index contributed by atoms with van der Waals surface area (Å²) in [6, 6.07) is 0. The number of likely N-dealkylation sites (N-methyl/N-ethyl adjacent to an activating group) is 1. The number of hydrogen-bond acceptors (Lipinski definition) is 8. The highest BCUT2D eigenvalue weighted by molar-refractivity contribution is 5.70. The Balaban J connectivity index is 4.04. The van der Waals surface area contributed by atoms with Crippen molar-refractivity contribution in [2.45, 2.75) is 277 Å². The van der Waals surface area contributed by atoms with Crippen LogP contribution in [0, 0.1) is 0 Å². The molecule has 0 radical (unpaired) electrons. The molecule has 0 N–H and O–H groups in total. The summed E-state index contributed by atoms with van der Waals surface area (Å²) in [7, 11) is 5.92. The quantitative estimate of drug-likeness (QED) is 0.0195. The van der Waals surface area contributed by atoms with Crippen LogP contribution < -0.4 is 5.11 Å². The van der Waals surface area contributed by atoms with E-state index in [9.17, 15) is 19.5 Å². The third-order valence-electron chi connectivity index (χ3n) is 12.8. The summed E-state index contributed by atoms with van der Waals surface area (Å²) in [5.41, 5.74) is 0. The summed E-state index contributed by atoms with van der Waals surface area (Å²) < 4.78 is 22.7. The molecule has 9 nitrogen and oxygen atoms in total. The Hall–Kier alpha value is -2.75. The van der Waals surface area contributed by atoms with Crippen molar-refractivity contribution in [3.05, 3.63) is 48.6 Å². The molecule has 0 spiro atoms. The molecular weight excluding hydrogens is 875 g/mol. The fourth-order valence-electron chi connectivity index (χ4n) is 8.35. The van der Waals surface area contributed by atoms with Gasteiger partial charge in [0.25, 0.3) is 0 Å². The first-order valence-electron chi connectivity index (χ1n) is 29.3. The average Bonchev–Trinajstić information content (AvgIpc) is 3.33. The van der Waals surface area contributed by atoms with Gasteiger partial charge in [-0.3, -0.25) is 9.59 Å². The van der Waals surface area contributed by atoms with Crippen molar-refractivity contribution in [3.8, 4) is 0 Å². The molecule has 2 unspecified atom stereocenters. The van der Waals surface area contributed by atoms with Gasteiger partial charge < -0.3 is 33.3 Å². The number of hydrogen-bond donors (Lipinski definition) is 0. The van der Waals surface area contributed by atoms with Crippen LogP contribution in [0.2, 0.25) is 0 Å². The second-order valence-corrected chi connectivity index (χ2v) is 20.9. The Kier molecular flexibility index (Phi) is 50.5. The molecule has 0 aliphatic rings. The molecule has 0 aliphatic carbocycles. The lowest BCUT2D eigenvalue weighted by Crippen LogP contribution is -2.44. The lowest BCUT2D eigenvalue weighted by Gasteiger charge is -2.26. The smallest absolute Gasteiger partial charge is 0.306 e. The Bertz CT molecular complexity index is 1290. The number of carbonyl (C=O) groups excluding carboxylic acids is 3. The standard InChI is InChI=1S/C61H111NO8/c1-6-8-10-12-14-16-18-20-21-22-23-24-25-26-27-28-29-30-31-32-33-34-35-36-37-38-39-40-42-44-46-48-50-52-59(64)70-57(56-69-61(60(65)66)67-54-53-62(3,4)5)55-68-58(63)51-49-47-45-43-41-19-17-15-13-11-9-7-2/h8,10,14,16,20-21,23-24,57,61H,6-7,9,11-13,15,17-19,22,25-56H2,1-5H3/b10-8-,16-14-,21-20-,24-23-. The highest BCUT2D eigenvalue weighted by Gasteiger charge is 2.22. The highest BCUT2D eigenvalue weighted by Crippen LogP contribution is 2.17. The summed E-state index contributed by atoms with van der Waals surface area (Å²) in [4.78, 5) is 37.2. The second kappa shape index (κ2) is 52.6. The van der Waals surface area contributed by atoms with Crippen LogP contribution in [0.5, 0.6) is 0 Å². The lowest BCUT2D eigenvalue weighted by atomic mass is 10.0. The van der Waals surface area contributed by atoms with Gasteiger partial charge >= 0.3 is 11.9 Å². The van der Waals surface area contributed by atoms with Gasteiger partial charge in [0.05, 0.1) is 40.3 Å². The van der Waals surface area contributed by atoms with E-state index in [1.54, 1.807) is 0 Å². The van der Waals surface area contributed by atoms with E-state index in [1.807, 2.05) is 21.1 Å². The predicted molar refractivity (Wildman–Crippen MR) is 292 cm³/mol. The van der Waals surface area contributed by atoms with Crippen LogP contribution >= 0.6 is 0 Å². The van der Waals surface area contributed by atoms with E-state index >= 15 is 0 Å². The molecule has 0 saturated heterocycles. The zero-order chi connectivity index (χ0) is 51.3. The first kappa shape index (κ1) is 67.2. The Morgan fingerprint density at radius 3 is 1.21 bits per heavy atom. The molecule has 0 aromatic rings. The normalized spacial score (nSPS) is 13.1. The number of ether oxygens (including phenoxy) is 4. The topological polar surface area (TPSA) is 111 Å². The van der Waals surface area contributed by atoms with Gasteiger partial charge in [0.1, 0.15) is 13.2 Å².